The molecule has 296 valence electrons. The van der Waals surface area contributed by atoms with Gasteiger partial charge in [0.25, 0.3) is 0 Å². The summed E-state index contributed by atoms with van der Waals surface area (Å²) in [6.45, 7) is 0. The molecule has 0 bridgehead atoms. The summed E-state index contributed by atoms with van der Waals surface area (Å²) in [7, 11) is 0. The molecule has 0 amide bonds. The first-order valence-electron chi connectivity index (χ1n) is 21.4. The van der Waals surface area contributed by atoms with Gasteiger partial charge in [0.15, 0.2) is 11.5 Å². The lowest BCUT2D eigenvalue weighted by Gasteiger charge is -2.26. The third-order valence-corrected chi connectivity index (χ3v) is 12.3. The first kappa shape index (κ1) is 36.5. The Morgan fingerprint density at radius 3 is 1.37 bits per heavy atom. The van der Waals surface area contributed by atoms with Crippen LogP contribution in [-0.4, -0.2) is 0 Å². The summed E-state index contributed by atoms with van der Waals surface area (Å²) in [6, 6.07) is 84.1. The summed E-state index contributed by atoms with van der Waals surface area (Å²) >= 11 is 0. The average Bonchev–Trinajstić information content (AvgIpc) is 3.52. The van der Waals surface area contributed by atoms with E-state index in [1.54, 1.807) is 0 Å². The van der Waals surface area contributed by atoms with E-state index >= 15 is 0 Å². The predicted octanol–water partition coefficient (Wildman–Crippen LogP) is 17.2. The normalized spacial score (nSPS) is 11.7. The zero-order valence-electron chi connectivity index (χ0n) is 34.3. The summed E-state index contributed by atoms with van der Waals surface area (Å²) in [5.41, 5.74) is 12.4. The lowest BCUT2D eigenvalue weighted by atomic mass is 9.93. The zero-order valence-corrected chi connectivity index (χ0v) is 34.3. The van der Waals surface area contributed by atoms with Crippen molar-refractivity contribution < 1.29 is 9.47 Å². The second kappa shape index (κ2) is 15.3. The number of para-hydroxylation sites is 1. The van der Waals surface area contributed by atoms with E-state index in [0.29, 0.717) is 11.5 Å². The number of ether oxygens (including phenoxy) is 2. The molecule has 63 heavy (non-hydrogen) atoms. The van der Waals surface area contributed by atoms with Crippen molar-refractivity contribution in [2.75, 3.05) is 4.90 Å². The van der Waals surface area contributed by atoms with Crippen LogP contribution in [0.3, 0.4) is 0 Å². The Morgan fingerprint density at radius 1 is 0.270 bits per heavy atom. The van der Waals surface area contributed by atoms with Gasteiger partial charge in [-0.15, -0.1) is 0 Å². The molecule has 0 atom stereocenters. The highest BCUT2D eigenvalue weighted by atomic mass is 16.5. The molecule has 11 aromatic carbocycles. The molecule has 11 aromatic rings. The van der Waals surface area contributed by atoms with Crippen molar-refractivity contribution in [3.05, 3.63) is 237 Å². The van der Waals surface area contributed by atoms with Gasteiger partial charge in [0.2, 0.25) is 0 Å². The van der Waals surface area contributed by atoms with E-state index in [9.17, 15) is 0 Å². The quantitative estimate of drug-likeness (QED) is 0.150. The summed E-state index contributed by atoms with van der Waals surface area (Å²) in [4.78, 5) is 2.34. The van der Waals surface area contributed by atoms with Crippen molar-refractivity contribution in [1.29, 1.82) is 0 Å². The SMILES string of the molecule is c1ccc(-c2ccc(N(c3ccc(-c4ccc(-c5cccc6c5Oc5cccc7cccc(c57)O6)cc4)cc3)c3ccc(-c4cc5ccccc5c5ccccc45)cc3)cc2)cc1. The van der Waals surface area contributed by atoms with Crippen LogP contribution in [-0.2, 0) is 0 Å². The van der Waals surface area contributed by atoms with E-state index in [4.69, 9.17) is 9.47 Å². The van der Waals surface area contributed by atoms with Crippen LogP contribution in [0.1, 0.15) is 0 Å². The topological polar surface area (TPSA) is 21.7 Å². The molecule has 0 saturated heterocycles. The Morgan fingerprint density at radius 2 is 0.714 bits per heavy atom. The lowest BCUT2D eigenvalue weighted by molar-refractivity contribution is 0.440. The minimum Gasteiger partial charge on any atom is -0.453 e. The third kappa shape index (κ3) is 6.55. The second-order valence-corrected chi connectivity index (χ2v) is 16.1. The molecule has 0 aliphatic carbocycles. The van der Waals surface area contributed by atoms with Gasteiger partial charge < -0.3 is 14.4 Å². The van der Waals surface area contributed by atoms with Crippen LogP contribution in [0.15, 0.2) is 237 Å². The number of hydrogen-bond donors (Lipinski definition) is 0. The monoisotopic (exact) mass is 805 g/mol. The Labute approximate surface area is 366 Å². The summed E-state index contributed by atoms with van der Waals surface area (Å²) < 4.78 is 13.1. The molecule has 0 N–H and O–H groups in total. The maximum absolute atomic E-state index is 6.64. The molecular formula is C60H39NO2. The van der Waals surface area contributed by atoms with Crippen molar-refractivity contribution in [3.8, 4) is 67.5 Å². The fourth-order valence-electron chi connectivity index (χ4n) is 9.21. The Bertz CT molecular complexity index is 3460. The van der Waals surface area contributed by atoms with Gasteiger partial charge in [0, 0.05) is 22.6 Å². The smallest absolute Gasteiger partial charge is 0.177 e. The molecule has 1 aliphatic heterocycles. The lowest BCUT2D eigenvalue weighted by Crippen LogP contribution is -2.09. The molecule has 0 saturated carbocycles. The van der Waals surface area contributed by atoms with Gasteiger partial charge in [0.05, 0.1) is 5.39 Å². The van der Waals surface area contributed by atoms with Crippen LogP contribution in [0.25, 0.3) is 76.8 Å². The van der Waals surface area contributed by atoms with Crippen molar-refractivity contribution in [3.63, 3.8) is 0 Å². The molecule has 3 heteroatoms. The first-order chi connectivity index (χ1) is 31.2. The maximum atomic E-state index is 6.64. The fourth-order valence-corrected chi connectivity index (χ4v) is 9.21. The molecule has 3 nitrogen and oxygen atoms in total. The highest BCUT2D eigenvalue weighted by Gasteiger charge is 2.22. The van der Waals surface area contributed by atoms with Crippen molar-refractivity contribution in [1.82, 2.24) is 0 Å². The number of rotatable bonds is 7. The van der Waals surface area contributed by atoms with E-state index in [1.165, 1.54) is 43.8 Å². The van der Waals surface area contributed by atoms with Crippen LogP contribution in [0.5, 0.6) is 23.0 Å². The van der Waals surface area contributed by atoms with Crippen molar-refractivity contribution >= 4 is 49.4 Å². The molecule has 1 heterocycles. The summed E-state index contributed by atoms with van der Waals surface area (Å²) in [5.74, 6) is 3.01. The van der Waals surface area contributed by atoms with Crippen LogP contribution >= 0.6 is 0 Å². The average molecular weight is 806 g/mol. The summed E-state index contributed by atoms with van der Waals surface area (Å²) in [6.07, 6.45) is 0. The van der Waals surface area contributed by atoms with Crippen LogP contribution in [0.2, 0.25) is 0 Å². The minimum absolute atomic E-state index is 0.701. The standard InChI is InChI=1S/C60H39NO2/c1-2-11-40(12-3-1)42-27-33-48(34-28-42)61(50-37-31-45(32-38-50)55-39-47-13-4-5-16-51(47)53-17-6-7-18-54(53)55)49-35-29-43(30-36-49)41-23-25-44(26-24-41)52-19-10-22-58-60(52)63-57-21-9-15-46-14-8-20-56(62-58)59(46)57/h1-39H. The van der Waals surface area contributed by atoms with Crippen LogP contribution in [0, 0.1) is 0 Å². The van der Waals surface area contributed by atoms with E-state index in [0.717, 1.165) is 61.6 Å². The summed E-state index contributed by atoms with van der Waals surface area (Å²) in [5, 5.41) is 7.11. The third-order valence-electron chi connectivity index (χ3n) is 12.3. The molecule has 1 aliphatic rings. The Hall–Kier alpha value is -8.40. The highest BCUT2D eigenvalue weighted by Crippen LogP contribution is 2.49. The maximum Gasteiger partial charge on any atom is 0.177 e. The number of anilines is 3. The molecule has 0 spiro atoms. The Kier molecular flexibility index (Phi) is 8.83. The van der Waals surface area contributed by atoms with Gasteiger partial charge in [-0.3, -0.25) is 0 Å². The number of benzene rings is 11. The largest absolute Gasteiger partial charge is 0.453 e. The van der Waals surface area contributed by atoms with Gasteiger partial charge in [-0.25, -0.2) is 0 Å². The zero-order chi connectivity index (χ0) is 41.7. The van der Waals surface area contributed by atoms with Crippen molar-refractivity contribution in [2.24, 2.45) is 0 Å². The Balaban J connectivity index is 0.876. The number of fused-ring (bicyclic) bond motifs is 4. The van der Waals surface area contributed by atoms with Crippen LogP contribution < -0.4 is 14.4 Å². The van der Waals surface area contributed by atoms with E-state index in [-0.39, 0.29) is 0 Å². The molecule has 0 radical (unpaired) electrons. The van der Waals surface area contributed by atoms with E-state index in [1.807, 2.05) is 36.4 Å². The number of hydrogen-bond acceptors (Lipinski definition) is 3. The van der Waals surface area contributed by atoms with Gasteiger partial charge in [-0.2, -0.15) is 0 Å². The molecule has 0 aromatic heterocycles. The van der Waals surface area contributed by atoms with Crippen LogP contribution in [0.4, 0.5) is 17.1 Å². The van der Waals surface area contributed by atoms with Gasteiger partial charge in [-0.1, -0.05) is 176 Å². The van der Waals surface area contributed by atoms with Gasteiger partial charge >= 0.3 is 0 Å². The molecule has 0 unspecified atom stereocenters. The van der Waals surface area contributed by atoms with Crippen molar-refractivity contribution in [2.45, 2.75) is 0 Å². The van der Waals surface area contributed by atoms with Gasteiger partial charge in [0.1, 0.15) is 11.5 Å². The second-order valence-electron chi connectivity index (χ2n) is 16.1. The molecule has 0 fully saturated rings. The van der Waals surface area contributed by atoms with E-state index < -0.39 is 0 Å². The predicted molar refractivity (Wildman–Crippen MR) is 262 cm³/mol. The highest BCUT2D eigenvalue weighted by molar-refractivity contribution is 6.13. The van der Waals surface area contributed by atoms with E-state index in [2.05, 4.69) is 205 Å². The minimum atomic E-state index is 0.701. The molecular weight excluding hydrogens is 767 g/mol. The first-order valence-corrected chi connectivity index (χ1v) is 21.4. The number of nitrogens with zero attached hydrogens (tertiary/aromatic N) is 1. The van der Waals surface area contributed by atoms with Gasteiger partial charge in [-0.05, 0) is 127 Å². The molecule has 12 rings (SSSR count). The fraction of sp³-hybridized carbons (Fsp3) is 0.